The van der Waals surface area contributed by atoms with Gasteiger partial charge in [0, 0.05) is 17.0 Å². The number of benzene rings is 1. The highest BCUT2D eigenvalue weighted by Crippen LogP contribution is 2.27. The van der Waals surface area contributed by atoms with Crippen molar-refractivity contribution in [1.29, 1.82) is 0 Å². The van der Waals surface area contributed by atoms with Gasteiger partial charge in [-0.25, -0.2) is 4.79 Å². The average molecular weight is 300 g/mol. The Morgan fingerprint density at radius 2 is 1.86 bits per heavy atom. The number of hydrogen-bond acceptors (Lipinski definition) is 2. The van der Waals surface area contributed by atoms with E-state index in [4.69, 9.17) is 4.42 Å². The molecule has 0 radical (unpaired) electrons. The first-order valence-electron chi connectivity index (χ1n) is 8.57. The second-order valence-electron chi connectivity index (χ2n) is 6.65. The van der Waals surface area contributed by atoms with Gasteiger partial charge in [0.05, 0.1) is 13.6 Å². The highest BCUT2D eigenvalue weighted by molar-refractivity contribution is 5.82. The van der Waals surface area contributed by atoms with E-state index in [0.717, 1.165) is 42.5 Å². The lowest BCUT2D eigenvalue weighted by molar-refractivity contribution is -0.893. The second-order valence-corrected chi connectivity index (χ2v) is 6.65. The summed E-state index contributed by atoms with van der Waals surface area (Å²) in [5, 5.41) is 1.14. The molecule has 1 aromatic heterocycles. The Hall–Kier alpha value is -1.61. The number of rotatable bonds is 5. The maximum Gasteiger partial charge on any atom is 0.336 e. The predicted octanol–water partition coefficient (Wildman–Crippen LogP) is 2.49. The molecule has 0 amide bonds. The summed E-state index contributed by atoms with van der Waals surface area (Å²) < 4.78 is 5.47. The van der Waals surface area contributed by atoms with E-state index >= 15 is 0 Å². The Kier molecular flexibility index (Phi) is 4.63. The third kappa shape index (κ3) is 3.25. The Bertz CT molecular complexity index is 717. The van der Waals surface area contributed by atoms with Crippen LogP contribution < -0.4 is 10.5 Å². The van der Waals surface area contributed by atoms with Crippen LogP contribution in [0.4, 0.5) is 0 Å². The van der Waals surface area contributed by atoms with Gasteiger partial charge in [0.1, 0.15) is 12.1 Å². The van der Waals surface area contributed by atoms with Gasteiger partial charge in [0.15, 0.2) is 0 Å². The zero-order valence-corrected chi connectivity index (χ0v) is 13.7. The van der Waals surface area contributed by atoms with Crippen LogP contribution in [0.15, 0.2) is 27.4 Å². The Morgan fingerprint density at radius 3 is 2.59 bits per heavy atom. The molecule has 0 spiro atoms. The fraction of sp³-hybridized carbons (Fsp3) is 0.526. The van der Waals surface area contributed by atoms with Crippen LogP contribution in [0.2, 0.25) is 0 Å². The minimum absolute atomic E-state index is 0.221. The molecule has 0 saturated heterocycles. The summed E-state index contributed by atoms with van der Waals surface area (Å²) in [6.07, 6.45) is 7.21. The van der Waals surface area contributed by atoms with E-state index < -0.39 is 0 Å². The van der Waals surface area contributed by atoms with Crippen molar-refractivity contribution >= 4 is 11.0 Å². The second kappa shape index (κ2) is 6.66. The molecule has 1 heterocycles. The van der Waals surface area contributed by atoms with Crippen LogP contribution >= 0.6 is 0 Å². The lowest BCUT2D eigenvalue weighted by atomic mass is 9.90. The van der Waals surface area contributed by atoms with Crippen LogP contribution in [0.1, 0.15) is 49.3 Å². The largest absolute Gasteiger partial charge is 0.423 e. The molecule has 2 aromatic rings. The molecular weight excluding hydrogens is 274 g/mol. The molecule has 1 aliphatic carbocycles. The van der Waals surface area contributed by atoms with Crippen LogP contribution in [-0.2, 0) is 19.4 Å². The van der Waals surface area contributed by atoms with Crippen LogP contribution in [0.5, 0.6) is 0 Å². The number of nitrogens with one attached hydrogen (secondary N) is 1. The van der Waals surface area contributed by atoms with Gasteiger partial charge in [-0.05, 0) is 55.4 Å². The third-order valence-electron chi connectivity index (χ3n) is 4.74. The SMILES string of the molecule is CCCC[NH+](C)Cc1cc(=O)oc2cc3c(cc12)CCCC3. The summed E-state index contributed by atoms with van der Waals surface area (Å²) in [4.78, 5) is 13.3. The van der Waals surface area contributed by atoms with Crippen molar-refractivity contribution in [3.63, 3.8) is 0 Å². The van der Waals surface area contributed by atoms with Crippen molar-refractivity contribution in [3.8, 4) is 0 Å². The molecular formula is C19H26NO2+. The average Bonchev–Trinajstić information content (AvgIpc) is 2.51. The van der Waals surface area contributed by atoms with Crippen LogP contribution in [0, 0.1) is 0 Å². The monoisotopic (exact) mass is 300 g/mol. The minimum atomic E-state index is -0.221. The fourth-order valence-corrected chi connectivity index (χ4v) is 3.49. The molecule has 3 heteroatoms. The van der Waals surface area contributed by atoms with Gasteiger partial charge in [0.25, 0.3) is 0 Å². The Morgan fingerprint density at radius 1 is 1.14 bits per heavy atom. The molecule has 1 unspecified atom stereocenters. The molecule has 3 rings (SSSR count). The summed E-state index contributed by atoms with van der Waals surface area (Å²) in [6.45, 7) is 4.25. The Labute approximate surface area is 131 Å². The molecule has 0 fully saturated rings. The van der Waals surface area contributed by atoms with Crippen molar-refractivity contribution in [2.24, 2.45) is 0 Å². The molecule has 1 atom stereocenters. The number of fused-ring (bicyclic) bond motifs is 2. The summed E-state index contributed by atoms with van der Waals surface area (Å²) in [5.41, 5.74) is 4.49. The van der Waals surface area contributed by atoms with Crippen molar-refractivity contribution in [3.05, 3.63) is 45.3 Å². The minimum Gasteiger partial charge on any atom is -0.423 e. The van der Waals surface area contributed by atoms with E-state index in [1.807, 2.05) is 0 Å². The zero-order valence-electron chi connectivity index (χ0n) is 13.7. The Balaban J connectivity index is 1.99. The molecule has 22 heavy (non-hydrogen) atoms. The van der Waals surface area contributed by atoms with Gasteiger partial charge in [-0.2, -0.15) is 0 Å². The van der Waals surface area contributed by atoms with Gasteiger partial charge < -0.3 is 9.32 Å². The number of quaternary nitrogens is 1. The van der Waals surface area contributed by atoms with E-state index in [-0.39, 0.29) is 5.63 Å². The predicted molar refractivity (Wildman–Crippen MR) is 89.5 cm³/mol. The standard InChI is InChI=1S/C19H25NO2/c1-3-4-9-20(2)13-16-12-19(21)22-18-11-15-8-6-5-7-14(15)10-17(16)18/h10-12H,3-9,13H2,1-2H3/p+1. The van der Waals surface area contributed by atoms with Gasteiger partial charge in [-0.1, -0.05) is 13.3 Å². The molecule has 0 bridgehead atoms. The maximum atomic E-state index is 11.9. The smallest absolute Gasteiger partial charge is 0.336 e. The topological polar surface area (TPSA) is 34.7 Å². The molecule has 1 N–H and O–H groups in total. The van der Waals surface area contributed by atoms with E-state index in [2.05, 4.69) is 26.1 Å². The van der Waals surface area contributed by atoms with Crippen molar-refractivity contribution in [2.75, 3.05) is 13.6 Å². The third-order valence-corrected chi connectivity index (χ3v) is 4.74. The summed E-state index contributed by atoms with van der Waals surface area (Å²) in [6, 6.07) is 6.07. The lowest BCUT2D eigenvalue weighted by Crippen LogP contribution is -3.07. The highest BCUT2D eigenvalue weighted by Gasteiger charge is 2.15. The van der Waals surface area contributed by atoms with E-state index in [1.54, 1.807) is 6.07 Å². The maximum absolute atomic E-state index is 11.9. The van der Waals surface area contributed by atoms with E-state index in [1.165, 1.54) is 41.7 Å². The van der Waals surface area contributed by atoms with Crippen molar-refractivity contribution in [2.45, 2.75) is 52.0 Å². The van der Waals surface area contributed by atoms with Crippen LogP contribution in [0.3, 0.4) is 0 Å². The first kappa shape index (κ1) is 15.3. The molecule has 1 aromatic carbocycles. The summed E-state index contributed by atoms with van der Waals surface area (Å²) in [5.74, 6) is 0. The van der Waals surface area contributed by atoms with Gasteiger partial charge in [-0.3, -0.25) is 0 Å². The number of hydrogen-bond donors (Lipinski definition) is 1. The van der Waals surface area contributed by atoms with Gasteiger partial charge in [-0.15, -0.1) is 0 Å². The van der Waals surface area contributed by atoms with Crippen LogP contribution in [-0.4, -0.2) is 13.6 Å². The molecule has 3 nitrogen and oxygen atoms in total. The fourth-order valence-electron chi connectivity index (χ4n) is 3.49. The van der Waals surface area contributed by atoms with Gasteiger partial charge in [0.2, 0.25) is 0 Å². The number of unbranched alkanes of at least 4 members (excludes halogenated alkanes) is 1. The first-order chi connectivity index (χ1) is 10.7. The molecule has 0 saturated carbocycles. The van der Waals surface area contributed by atoms with Gasteiger partial charge >= 0.3 is 5.63 Å². The first-order valence-corrected chi connectivity index (χ1v) is 8.57. The quantitative estimate of drug-likeness (QED) is 0.861. The summed E-state index contributed by atoms with van der Waals surface area (Å²) >= 11 is 0. The van der Waals surface area contributed by atoms with Crippen LogP contribution in [0.25, 0.3) is 11.0 Å². The molecule has 0 aliphatic heterocycles. The zero-order chi connectivity index (χ0) is 15.5. The summed E-state index contributed by atoms with van der Waals surface area (Å²) in [7, 11) is 2.20. The van der Waals surface area contributed by atoms with E-state index in [0.29, 0.717) is 0 Å². The van der Waals surface area contributed by atoms with E-state index in [9.17, 15) is 4.79 Å². The van der Waals surface area contributed by atoms with Crippen molar-refractivity contribution in [1.82, 2.24) is 0 Å². The van der Waals surface area contributed by atoms with Crippen molar-refractivity contribution < 1.29 is 9.32 Å². The number of aryl methyl sites for hydroxylation is 2. The molecule has 1 aliphatic rings. The highest BCUT2D eigenvalue weighted by atomic mass is 16.4. The lowest BCUT2D eigenvalue weighted by Gasteiger charge is -2.18. The normalized spacial score (nSPS) is 15.7. The molecule has 118 valence electrons.